The predicted octanol–water partition coefficient (Wildman–Crippen LogP) is 2.89. The van der Waals surface area contributed by atoms with E-state index in [0.717, 1.165) is 11.1 Å². The van der Waals surface area contributed by atoms with E-state index in [1.807, 2.05) is 31.2 Å². The first kappa shape index (κ1) is 25.5. The minimum absolute atomic E-state index is 0.0596. The zero-order valence-corrected chi connectivity index (χ0v) is 19.1. The fraction of sp³-hybridized carbons (Fsp3) is 0.320. The largest absolute Gasteiger partial charge is 0.423 e. The van der Waals surface area contributed by atoms with Crippen LogP contribution in [0.3, 0.4) is 0 Å². The molecule has 0 radical (unpaired) electrons. The van der Waals surface area contributed by atoms with Crippen molar-refractivity contribution in [2.75, 3.05) is 6.61 Å². The molecule has 11 heteroatoms. The highest BCUT2D eigenvalue weighted by Gasteiger charge is 2.41. The molecule has 8 nitrogen and oxygen atoms in total. The standard InChI is InChI=1S/C25H23F3N2O6/c1-15-7-5-6-10-17(15)13-35-14-20-19(31)11-21(36-20)29-12-18(25(26,27)28)23(33)30(24(29)34)22(32)16-8-3-2-4-9-16/h2-10,12,19-21,31H,11,13-14H2,1H3/t19?,20-,21-/m0/s1. The van der Waals surface area contributed by atoms with Gasteiger partial charge in [-0.3, -0.25) is 14.2 Å². The number of benzene rings is 2. The van der Waals surface area contributed by atoms with Gasteiger partial charge in [0, 0.05) is 18.2 Å². The minimum atomic E-state index is -5.14. The summed E-state index contributed by atoms with van der Waals surface area (Å²) in [6.45, 7) is 2.04. The Morgan fingerprint density at radius 1 is 1.11 bits per heavy atom. The lowest BCUT2D eigenvalue weighted by atomic mass is 10.1. The molecule has 1 unspecified atom stereocenters. The molecular formula is C25H23F3N2O6. The van der Waals surface area contributed by atoms with Crippen LogP contribution in [-0.4, -0.2) is 39.0 Å². The van der Waals surface area contributed by atoms with Gasteiger partial charge in [0.15, 0.2) is 0 Å². The molecule has 3 atom stereocenters. The number of carbonyl (C=O) groups excluding carboxylic acids is 1. The van der Waals surface area contributed by atoms with Crippen LogP contribution in [0.25, 0.3) is 0 Å². The molecule has 1 aromatic heterocycles. The second kappa shape index (κ2) is 10.2. The van der Waals surface area contributed by atoms with Crippen molar-refractivity contribution in [1.29, 1.82) is 0 Å². The molecule has 4 rings (SSSR count). The van der Waals surface area contributed by atoms with Crippen LogP contribution in [0.5, 0.6) is 0 Å². The normalized spacial score (nSPS) is 20.0. The Kier molecular flexibility index (Phi) is 7.25. The summed E-state index contributed by atoms with van der Waals surface area (Å²) >= 11 is 0. The summed E-state index contributed by atoms with van der Waals surface area (Å²) in [7, 11) is 0. The summed E-state index contributed by atoms with van der Waals surface area (Å²) in [5.74, 6) is -1.21. The van der Waals surface area contributed by atoms with Gasteiger partial charge in [0.1, 0.15) is 17.9 Å². The Morgan fingerprint density at radius 3 is 2.44 bits per heavy atom. The van der Waals surface area contributed by atoms with Crippen LogP contribution in [0.15, 0.2) is 70.4 Å². The van der Waals surface area contributed by atoms with Gasteiger partial charge in [-0.05, 0) is 30.2 Å². The van der Waals surface area contributed by atoms with Gasteiger partial charge in [-0.1, -0.05) is 42.5 Å². The van der Waals surface area contributed by atoms with Crippen molar-refractivity contribution in [2.24, 2.45) is 0 Å². The number of hydrogen-bond donors (Lipinski definition) is 1. The fourth-order valence-electron chi connectivity index (χ4n) is 3.95. The summed E-state index contributed by atoms with van der Waals surface area (Å²) in [6, 6.07) is 14.5. The van der Waals surface area contributed by atoms with E-state index in [-0.39, 0.29) is 29.8 Å². The highest BCUT2D eigenvalue weighted by atomic mass is 19.4. The Morgan fingerprint density at radius 2 is 1.78 bits per heavy atom. The number of nitrogens with zero attached hydrogens (tertiary/aromatic N) is 2. The van der Waals surface area contributed by atoms with E-state index in [1.165, 1.54) is 24.3 Å². The third-order valence-corrected chi connectivity index (χ3v) is 5.96. The molecule has 3 aromatic rings. The number of carbonyl (C=O) groups is 1. The van der Waals surface area contributed by atoms with Crippen LogP contribution >= 0.6 is 0 Å². The first-order chi connectivity index (χ1) is 17.1. The second-order valence-corrected chi connectivity index (χ2v) is 8.42. The van der Waals surface area contributed by atoms with E-state index in [0.29, 0.717) is 10.8 Å². The summed E-state index contributed by atoms with van der Waals surface area (Å²) in [6.07, 6.45) is -8.50. The summed E-state index contributed by atoms with van der Waals surface area (Å²) in [5.41, 5.74) is -3.02. The number of rotatable bonds is 6. The van der Waals surface area contributed by atoms with Crippen molar-refractivity contribution in [3.05, 3.63) is 104 Å². The van der Waals surface area contributed by atoms with Gasteiger partial charge in [-0.25, -0.2) is 4.79 Å². The summed E-state index contributed by atoms with van der Waals surface area (Å²) in [4.78, 5) is 38.5. The maximum atomic E-state index is 13.7. The van der Waals surface area contributed by atoms with Gasteiger partial charge in [-0.15, -0.1) is 0 Å². The molecule has 0 amide bonds. The molecule has 0 aliphatic carbocycles. The third-order valence-electron chi connectivity index (χ3n) is 5.96. The number of aliphatic hydroxyl groups is 1. The van der Waals surface area contributed by atoms with Crippen molar-refractivity contribution in [3.8, 4) is 0 Å². The Labute approximate surface area is 203 Å². The number of aromatic nitrogens is 2. The summed E-state index contributed by atoms with van der Waals surface area (Å²) in [5, 5.41) is 10.4. The van der Waals surface area contributed by atoms with E-state index >= 15 is 0 Å². The minimum Gasteiger partial charge on any atom is -0.390 e. The number of hydrogen-bond acceptors (Lipinski definition) is 6. The second-order valence-electron chi connectivity index (χ2n) is 8.42. The predicted molar refractivity (Wildman–Crippen MR) is 122 cm³/mol. The van der Waals surface area contributed by atoms with Crippen molar-refractivity contribution in [3.63, 3.8) is 0 Å². The zero-order chi connectivity index (χ0) is 26.0. The molecule has 190 valence electrons. The summed E-state index contributed by atoms with van der Waals surface area (Å²) < 4.78 is 52.7. The number of ether oxygens (including phenoxy) is 2. The molecule has 2 aromatic carbocycles. The number of aryl methyl sites for hydroxylation is 1. The number of halogens is 3. The lowest BCUT2D eigenvalue weighted by molar-refractivity contribution is -0.140. The van der Waals surface area contributed by atoms with Crippen LogP contribution in [0.4, 0.5) is 13.2 Å². The molecule has 1 N–H and O–H groups in total. The van der Waals surface area contributed by atoms with E-state index in [2.05, 4.69) is 0 Å². The molecule has 0 spiro atoms. The van der Waals surface area contributed by atoms with Crippen molar-refractivity contribution < 1.29 is 32.5 Å². The Bertz CT molecular complexity index is 1370. The van der Waals surface area contributed by atoms with Gasteiger partial charge in [0.2, 0.25) is 0 Å². The highest BCUT2D eigenvalue weighted by molar-refractivity contribution is 5.95. The monoisotopic (exact) mass is 504 g/mol. The SMILES string of the molecule is Cc1ccccc1COC[C@@H]1O[C@H](n2cc(C(F)(F)F)c(=O)n(C(=O)c3ccccc3)c2=O)CC1O. The maximum absolute atomic E-state index is 13.7. The quantitative estimate of drug-likeness (QED) is 0.554. The third kappa shape index (κ3) is 5.18. The van der Waals surface area contributed by atoms with Crippen molar-refractivity contribution >= 4 is 5.91 Å². The van der Waals surface area contributed by atoms with Crippen LogP contribution in [-0.2, 0) is 22.3 Å². The van der Waals surface area contributed by atoms with E-state index in [4.69, 9.17) is 9.47 Å². The van der Waals surface area contributed by atoms with Crippen LogP contribution < -0.4 is 11.2 Å². The van der Waals surface area contributed by atoms with E-state index in [1.54, 1.807) is 6.07 Å². The van der Waals surface area contributed by atoms with Crippen LogP contribution in [0.2, 0.25) is 0 Å². The maximum Gasteiger partial charge on any atom is 0.423 e. The van der Waals surface area contributed by atoms with Crippen molar-refractivity contribution in [2.45, 2.75) is 44.6 Å². The number of alkyl halides is 3. The average molecular weight is 504 g/mol. The lowest BCUT2D eigenvalue weighted by Crippen LogP contribution is -2.47. The van der Waals surface area contributed by atoms with Gasteiger partial charge < -0.3 is 14.6 Å². The number of aliphatic hydroxyl groups excluding tert-OH is 1. The smallest absolute Gasteiger partial charge is 0.390 e. The zero-order valence-electron chi connectivity index (χ0n) is 19.1. The Balaban J connectivity index is 1.62. The van der Waals surface area contributed by atoms with Crippen LogP contribution in [0.1, 0.15) is 39.7 Å². The van der Waals surface area contributed by atoms with Gasteiger partial charge in [0.05, 0.1) is 19.3 Å². The molecule has 2 heterocycles. The molecule has 1 aliphatic rings. The van der Waals surface area contributed by atoms with Gasteiger partial charge >= 0.3 is 11.9 Å². The lowest BCUT2D eigenvalue weighted by Gasteiger charge is -2.19. The Hall–Kier alpha value is -3.54. The molecule has 1 aliphatic heterocycles. The molecule has 36 heavy (non-hydrogen) atoms. The molecule has 1 fully saturated rings. The van der Waals surface area contributed by atoms with Crippen LogP contribution in [0, 0.1) is 6.92 Å². The molecule has 1 saturated heterocycles. The average Bonchev–Trinajstić information content (AvgIpc) is 3.20. The molecular weight excluding hydrogens is 481 g/mol. The van der Waals surface area contributed by atoms with Gasteiger partial charge in [0.25, 0.3) is 11.5 Å². The highest BCUT2D eigenvalue weighted by Crippen LogP contribution is 2.31. The molecule has 0 bridgehead atoms. The van der Waals surface area contributed by atoms with E-state index < -0.39 is 47.3 Å². The first-order valence-corrected chi connectivity index (χ1v) is 11.1. The first-order valence-electron chi connectivity index (χ1n) is 11.1. The fourth-order valence-corrected chi connectivity index (χ4v) is 3.95. The molecule has 0 saturated carbocycles. The van der Waals surface area contributed by atoms with Crippen molar-refractivity contribution in [1.82, 2.24) is 9.13 Å². The van der Waals surface area contributed by atoms with Gasteiger partial charge in [-0.2, -0.15) is 17.7 Å². The van der Waals surface area contributed by atoms with E-state index in [9.17, 15) is 32.7 Å². The topological polar surface area (TPSA) is 99.8 Å².